The topological polar surface area (TPSA) is 139 Å². The molecule has 1 aliphatic rings. The molecule has 0 spiro atoms. The molecule has 2 aromatic rings. The zero-order valence-corrected chi connectivity index (χ0v) is 18.9. The average molecular weight is 468 g/mol. The molecular formula is C24H24N2O8. The maximum atomic E-state index is 12.6. The van der Waals surface area contributed by atoms with Crippen molar-refractivity contribution in [2.75, 3.05) is 0 Å². The molecule has 0 aromatic heterocycles. The van der Waals surface area contributed by atoms with Gasteiger partial charge in [-0.2, -0.15) is 0 Å². The lowest BCUT2D eigenvalue weighted by Gasteiger charge is -2.38. The molecule has 0 amide bonds. The fraction of sp³-hybridized carbons (Fsp3) is 0.333. The van der Waals surface area contributed by atoms with Crippen molar-refractivity contribution in [1.82, 2.24) is 0 Å². The number of nitro benzene ring substituents is 2. The largest absolute Gasteiger partial charge is 0.455 e. The molecular weight excluding hydrogens is 444 g/mol. The highest BCUT2D eigenvalue weighted by Crippen LogP contribution is 2.37. The summed E-state index contributed by atoms with van der Waals surface area (Å²) in [5.41, 5.74) is -1.57. The van der Waals surface area contributed by atoms with Crippen LogP contribution in [0.15, 0.2) is 60.7 Å². The molecule has 0 fully saturated rings. The van der Waals surface area contributed by atoms with E-state index in [0.29, 0.717) is 12.8 Å². The zero-order chi connectivity index (χ0) is 25.1. The van der Waals surface area contributed by atoms with E-state index in [9.17, 15) is 29.8 Å². The van der Waals surface area contributed by atoms with Gasteiger partial charge in [0.15, 0.2) is 0 Å². The van der Waals surface area contributed by atoms with E-state index in [-0.39, 0.29) is 28.4 Å². The van der Waals surface area contributed by atoms with Gasteiger partial charge >= 0.3 is 11.9 Å². The van der Waals surface area contributed by atoms with E-state index in [2.05, 4.69) is 0 Å². The lowest BCUT2D eigenvalue weighted by molar-refractivity contribution is -0.385. The summed E-state index contributed by atoms with van der Waals surface area (Å²) in [4.78, 5) is 45.5. The van der Waals surface area contributed by atoms with Crippen molar-refractivity contribution in [3.05, 3.63) is 92.0 Å². The maximum absolute atomic E-state index is 12.6. The summed E-state index contributed by atoms with van der Waals surface area (Å²) in [6, 6.07) is 10.4. The Bertz CT molecular complexity index is 1140. The molecule has 0 heterocycles. The Kier molecular flexibility index (Phi) is 6.80. The lowest BCUT2D eigenvalue weighted by atomic mass is 9.78. The van der Waals surface area contributed by atoms with Crippen LogP contribution in [0, 0.1) is 26.1 Å². The summed E-state index contributed by atoms with van der Waals surface area (Å²) >= 11 is 0. The van der Waals surface area contributed by atoms with E-state index in [0.717, 1.165) is 0 Å². The van der Waals surface area contributed by atoms with Gasteiger partial charge in [0.1, 0.15) is 11.2 Å². The summed E-state index contributed by atoms with van der Waals surface area (Å²) in [7, 11) is 0. The van der Waals surface area contributed by atoms with Crippen molar-refractivity contribution in [2.24, 2.45) is 5.92 Å². The molecule has 0 aliphatic heterocycles. The highest BCUT2D eigenvalue weighted by molar-refractivity contribution is 5.90. The first-order valence-electron chi connectivity index (χ1n) is 10.6. The van der Waals surface area contributed by atoms with Crippen molar-refractivity contribution in [1.29, 1.82) is 0 Å². The SMILES string of the molecule is CC(C)(OC(=O)c1ccc([N+](=O)[O-])cc1)[C@H]1C=C[C@](C)(OC(=O)c2ccc([N+](=O)[O-])cc2)CC1. The van der Waals surface area contributed by atoms with Crippen LogP contribution in [0.5, 0.6) is 0 Å². The van der Waals surface area contributed by atoms with Crippen LogP contribution in [-0.4, -0.2) is 33.0 Å². The van der Waals surface area contributed by atoms with Gasteiger partial charge in [-0.25, -0.2) is 9.59 Å². The Morgan fingerprint density at radius 2 is 1.38 bits per heavy atom. The summed E-state index contributed by atoms with van der Waals surface area (Å²) in [6.45, 7) is 5.31. The van der Waals surface area contributed by atoms with Gasteiger partial charge in [0, 0.05) is 30.2 Å². The summed E-state index contributed by atoms with van der Waals surface area (Å²) in [6.07, 6.45) is 4.65. The number of esters is 2. The van der Waals surface area contributed by atoms with Gasteiger partial charge < -0.3 is 9.47 Å². The van der Waals surface area contributed by atoms with Gasteiger partial charge in [-0.1, -0.05) is 6.08 Å². The van der Waals surface area contributed by atoms with Gasteiger partial charge in [0.25, 0.3) is 11.4 Å². The van der Waals surface area contributed by atoms with Crippen molar-refractivity contribution < 1.29 is 28.9 Å². The van der Waals surface area contributed by atoms with Gasteiger partial charge in [0.2, 0.25) is 0 Å². The lowest BCUT2D eigenvalue weighted by Crippen LogP contribution is -2.41. The Morgan fingerprint density at radius 3 is 1.79 bits per heavy atom. The average Bonchev–Trinajstić information content (AvgIpc) is 2.79. The maximum Gasteiger partial charge on any atom is 0.338 e. The van der Waals surface area contributed by atoms with Gasteiger partial charge in [-0.3, -0.25) is 20.2 Å². The number of nitro groups is 2. The number of benzene rings is 2. The van der Waals surface area contributed by atoms with E-state index in [1.54, 1.807) is 26.8 Å². The summed E-state index contributed by atoms with van der Waals surface area (Å²) in [5.74, 6) is -1.34. The van der Waals surface area contributed by atoms with Crippen LogP contribution in [-0.2, 0) is 9.47 Å². The van der Waals surface area contributed by atoms with Crippen LogP contribution in [0.1, 0.15) is 54.3 Å². The second kappa shape index (κ2) is 9.42. The highest BCUT2D eigenvalue weighted by atomic mass is 16.6. The summed E-state index contributed by atoms with van der Waals surface area (Å²) in [5, 5.41) is 21.6. The first-order chi connectivity index (χ1) is 15.9. The number of carbonyl (C=O) groups excluding carboxylic acids is 2. The van der Waals surface area contributed by atoms with Crippen LogP contribution in [0.25, 0.3) is 0 Å². The quantitative estimate of drug-likeness (QED) is 0.239. The molecule has 1 aliphatic carbocycles. The van der Waals surface area contributed by atoms with Crippen LogP contribution >= 0.6 is 0 Å². The first-order valence-corrected chi connectivity index (χ1v) is 10.6. The molecule has 0 bridgehead atoms. The van der Waals surface area contributed by atoms with E-state index in [4.69, 9.17) is 9.47 Å². The summed E-state index contributed by atoms with van der Waals surface area (Å²) < 4.78 is 11.3. The number of ether oxygens (including phenoxy) is 2. The Morgan fingerprint density at radius 1 is 0.912 bits per heavy atom. The molecule has 0 saturated heterocycles. The third-order valence-electron chi connectivity index (χ3n) is 5.84. The zero-order valence-electron chi connectivity index (χ0n) is 18.9. The van der Waals surface area contributed by atoms with Crippen molar-refractivity contribution in [3.8, 4) is 0 Å². The normalized spacial score (nSPS) is 19.8. The molecule has 2 aromatic carbocycles. The van der Waals surface area contributed by atoms with Crippen molar-refractivity contribution >= 4 is 23.3 Å². The van der Waals surface area contributed by atoms with E-state index in [1.807, 2.05) is 6.08 Å². The third kappa shape index (κ3) is 5.64. The Balaban J connectivity index is 1.63. The minimum atomic E-state index is -0.881. The molecule has 34 heavy (non-hydrogen) atoms. The fourth-order valence-electron chi connectivity index (χ4n) is 3.69. The molecule has 2 atom stereocenters. The Labute approximate surface area is 195 Å². The number of carbonyl (C=O) groups is 2. The third-order valence-corrected chi connectivity index (χ3v) is 5.84. The molecule has 0 unspecified atom stereocenters. The number of hydrogen-bond donors (Lipinski definition) is 0. The number of nitrogens with zero attached hydrogens (tertiary/aromatic N) is 2. The molecule has 0 radical (unpaired) electrons. The molecule has 10 heteroatoms. The standard InChI is InChI=1S/C24H24N2O8/c1-23(2,33-21(27)16-4-8-19(9-5-16)25(29)30)18-12-14-24(3,15-13-18)34-22(28)17-6-10-20(11-7-17)26(31)32/h4-12,14,18H,13,15H2,1-3H3/t18-,24-/m0/s1. The van der Waals surface area contributed by atoms with Gasteiger partial charge in [-0.05, 0) is 64.0 Å². The molecule has 0 N–H and O–H groups in total. The molecule has 3 rings (SSSR count). The second-order valence-electron chi connectivity index (χ2n) is 8.81. The van der Waals surface area contributed by atoms with Crippen LogP contribution in [0.2, 0.25) is 0 Å². The minimum absolute atomic E-state index is 0.117. The van der Waals surface area contributed by atoms with Crippen molar-refractivity contribution in [3.63, 3.8) is 0 Å². The fourth-order valence-corrected chi connectivity index (χ4v) is 3.69. The van der Waals surface area contributed by atoms with E-state index in [1.165, 1.54) is 48.5 Å². The van der Waals surface area contributed by atoms with Crippen LogP contribution in [0.4, 0.5) is 11.4 Å². The minimum Gasteiger partial charge on any atom is -0.455 e. The molecule has 0 saturated carbocycles. The number of rotatable bonds is 7. The predicted molar refractivity (Wildman–Crippen MR) is 121 cm³/mol. The smallest absolute Gasteiger partial charge is 0.338 e. The monoisotopic (exact) mass is 468 g/mol. The Hall–Kier alpha value is -4.08. The van der Waals surface area contributed by atoms with Gasteiger partial charge in [-0.15, -0.1) is 0 Å². The first kappa shape index (κ1) is 24.6. The second-order valence-corrected chi connectivity index (χ2v) is 8.81. The number of hydrogen-bond acceptors (Lipinski definition) is 8. The number of non-ortho nitro benzene ring substituents is 2. The predicted octanol–water partition coefficient (Wildman–Crippen LogP) is 5.02. The van der Waals surface area contributed by atoms with Gasteiger partial charge in [0.05, 0.1) is 21.0 Å². The molecule has 10 nitrogen and oxygen atoms in total. The highest BCUT2D eigenvalue weighted by Gasteiger charge is 2.38. The van der Waals surface area contributed by atoms with Crippen molar-refractivity contribution in [2.45, 2.75) is 44.8 Å². The van der Waals surface area contributed by atoms with Crippen LogP contribution in [0.3, 0.4) is 0 Å². The van der Waals surface area contributed by atoms with E-state index < -0.39 is 33.0 Å². The molecule has 178 valence electrons. The van der Waals surface area contributed by atoms with Crippen LogP contribution < -0.4 is 0 Å². The van der Waals surface area contributed by atoms with E-state index >= 15 is 0 Å².